The van der Waals surface area contributed by atoms with E-state index in [-0.39, 0.29) is 34.6 Å². The average molecular weight is 466 g/mol. The number of aryl methyl sites for hydroxylation is 1. The van der Waals surface area contributed by atoms with Crippen molar-refractivity contribution in [3.8, 4) is 0 Å². The Labute approximate surface area is 190 Å². The van der Waals surface area contributed by atoms with Gasteiger partial charge in [-0.2, -0.15) is 0 Å². The van der Waals surface area contributed by atoms with Gasteiger partial charge in [0.05, 0.1) is 11.0 Å². The number of nitrogens with one attached hydrogen (secondary N) is 3. The normalized spacial score (nSPS) is 24.6. The average Bonchev–Trinajstić information content (AvgIpc) is 3.30. The maximum absolute atomic E-state index is 12.6. The smallest absolute Gasteiger partial charge is 0.242 e. The molecule has 1 heterocycles. The molecule has 9 heteroatoms. The van der Waals surface area contributed by atoms with Gasteiger partial charge < -0.3 is 15.4 Å². The van der Waals surface area contributed by atoms with E-state index in [9.17, 15) is 18.0 Å². The number of carbonyl (C=O) groups excluding carboxylic acids is 2. The molecule has 3 N–H and O–H groups in total. The summed E-state index contributed by atoms with van der Waals surface area (Å²) in [5.41, 5.74) is 1.01. The van der Waals surface area contributed by atoms with Crippen LogP contribution in [0.25, 0.3) is 0 Å². The Morgan fingerprint density at radius 2 is 1.75 bits per heavy atom. The molecule has 0 bridgehead atoms. The fraction of sp³-hybridized carbons (Fsp3) is 0.652. The van der Waals surface area contributed by atoms with Gasteiger partial charge in [0.25, 0.3) is 0 Å². The third kappa shape index (κ3) is 7.02. The van der Waals surface area contributed by atoms with Crippen LogP contribution in [0, 0.1) is 18.8 Å². The topological polar surface area (TPSA) is 114 Å². The largest absolute Gasteiger partial charge is 0.376 e. The monoisotopic (exact) mass is 465 g/mol. The van der Waals surface area contributed by atoms with Crippen molar-refractivity contribution in [1.82, 2.24) is 15.4 Å². The maximum Gasteiger partial charge on any atom is 0.242 e. The highest BCUT2D eigenvalue weighted by molar-refractivity contribution is 7.89. The van der Waals surface area contributed by atoms with Gasteiger partial charge in [0.1, 0.15) is 6.04 Å². The van der Waals surface area contributed by atoms with Crippen molar-refractivity contribution in [1.29, 1.82) is 0 Å². The lowest BCUT2D eigenvalue weighted by Crippen LogP contribution is -2.48. The van der Waals surface area contributed by atoms with E-state index in [0.29, 0.717) is 25.9 Å². The van der Waals surface area contributed by atoms with Gasteiger partial charge in [-0.1, -0.05) is 17.7 Å². The van der Waals surface area contributed by atoms with Gasteiger partial charge in [-0.3, -0.25) is 9.59 Å². The Morgan fingerprint density at radius 3 is 2.38 bits per heavy atom. The number of sulfonamides is 1. The van der Waals surface area contributed by atoms with Crippen LogP contribution in [-0.4, -0.2) is 52.1 Å². The fourth-order valence-corrected chi connectivity index (χ4v) is 5.34. The molecule has 1 aliphatic heterocycles. The van der Waals surface area contributed by atoms with Gasteiger partial charge in [-0.05, 0) is 70.4 Å². The first kappa shape index (κ1) is 24.7. The van der Waals surface area contributed by atoms with Gasteiger partial charge in [0.2, 0.25) is 21.8 Å². The number of ether oxygens (including phenoxy) is 1. The molecule has 2 atom stereocenters. The highest BCUT2D eigenvalue weighted by Gasteiger charge is 2.29. The second kappa shape index (κ2) is 11.2. The predicted molar refractivity (Wildman–Crippen MR) is 121 cm³/mol. The Balaban J connectivity index is 1.37. The van der Waals surface area contributed by atoms with Crippen molar-refractivity contribution in [2.45, 2.75) is 69.4 Å². The van der Waals surface area contributed by atoms with E-state index in [2.05, 4.69) is 15.4 Å². The van der Waals surface area contributed by atoms with Crippen molar-refractivity contribution in [2.24, 2.45) is 11.8 Å². The van der Waals surface area contributed by atoms with Crippen LogP contribution in [0.3, 0.4) is 0 Å². The van der Waals surface area contributed by atoms with Crippen LogP contribution in [0.15, 0.2) is 29.2 Å². The summed E-state index contributed by atoms with van der Waals surface area (Å²) in [5.74, 6) is -0.253. The van der Waals surface area contributed by atoms with Gasteiger partial charge in [-0.15, -0.1) is 0 Å². The predicted octanol–water partition coefficient (Wildman–Crippen LogP) is 1.88. The summed E-state index contributed by atoms with van der Waals surface area (Å²) in [7, 11) is -3.53. The van der Waals surface area contributed by atoms with E-state index < -0.39 is 16.1 Å². The molecule has 2 unspecified atom stereocenters. The van der Waals surface area contributed by atoms with Crippen LogP contribution in [-0.2, 0) is 24.3 Å². The lowest BCUT2D eigenvalue weighted by molar-refractivity contribution is -0.131. The summed E-state index contributed by atoms with van der Waals surface area (Å²) in [6, 6.07) is 6.18. The number of hydrogen-bond donors (Lipinski definition) is 3. The second-order valence-corrected chi connectivity index (χ2v) is 10.8. The molecule has 32 heavy (non-hydrogen) atoms. The molecule has 1 aromatic rings. The standard InChI is InChI=1S/C23H35N3O5S/c1-16-5-11-21(12-6-16)32(29,30)25-14-18-7-9-19(10-8-18)23(28)26-17(2)22(27)24-15-20-4-3-13-31-20/h5-6,11-12,17-20,25H,3-4,7-10,13-15H2,1-2H3,(H,24,27)(H,26,28). The van der Waals surface area contributed by atoms with Crippen LogP contribution in [0.2, 0.25) is 0 Å². The van der Waals surface area contributed by atoms with E-state index in [4.69, 9.17) is 4.74 Å². The first-order valence-electron chi connectivity index (χ1n) is 11.5. The van der Waals surface area contributed by atoms with Crippen molar-refractivity contribution >= 4 is 21.8 Å². The Bertz CT molecular complexity index is 873. The van der Waals surface area contributed by atoms with Gasteiger partial charge in [0, 0.05) is 25.6 Å². The van der Waals surface area contributed by atoms with Crippen molar-refractivity contribution in [3.05, 3.63) is 29.8 Å². The SMILES string of the molecule is Cc1ccc(S(=O)(=O)NCC2CCC(C(=O)NC(C)C(=O)NCC3CCCO3)CC2)cc1. The highest BCUT2D eigenvalue weighted by atomic mass is 32.2. The van der Waals surface area contributed by atoms with Crippen molar-refractivity contribution in [3.63, 3.8) is 0 Å². The minimum Gasteiger partial charge on any atom is -0.376 e. The molecule has 3 rings (SSSR count). The Hall–Kier alpha value is -1.97. The highest BCUT2D eigenvalue weighted by Crippen LogP contribution is 2.29. The van der Waals surface area contributed by atoms with Gasteiger partial charge in [-0.25, -0.2) is 13.1 Å². The lowest BCUT2D eigenvalue weighted by atomic mass is 9.81. The van der Waals surface area contributed by atoms with Crippen LogP contribution in [0.1, 0.15) is 51.0 Å². The van der Waals surface area contributed by atoms with E-state index in [1.54, 1.807) is 31.2 Å². The lowest BCUT2D eigenvalue weighted by Gasteiger charge is -2.28. The zero-order valence-electron chi connectivity index (χ0n) is 18.9. The molecule has 1 aromatic carbocycles. The van der Waals surface area contributed by atoms with Crippen LogP contribution in [0.4, 0.5) is 0 Å². The number of hydrogen-bond acceptors (Lipinski definition) is 5. The Kier molecular flexibility index (Phi) is 8.67. The van der Waals surface area contributed by atoms with Gasteiger partial charge >= 0.3 is 0 Å². The van der Waals surface area contributed by atoms with E-state index in [0.717, 1.165) is 37.9 Å². The number of rotatable bonds is 9. The summed E-state index contributed by atoms with van der Waals surface area (Å²) in [5, 5.41) is 5.66. The molecule has 1 saturated carbocycles. The van der Waals surface area contributed by atoms with E-state index in [1.165, 1.54) is 0 Å². The molecule has 2 fully saturated rings. The van der Waals surface area contributed by atoms with Gasteiger partial charge in [0.15, 0.2) is 0 Å². The van der Waals surface area contributed by atoms with Crippen LogP contribution >= 0.6 is 0 Å². The summed E-state index contributed by atoms with van der Waals surface area (Å²) < 4.78 is 33.1. The molecule has 0 spiro atoms. The molecule has 0 aromatic heterocycles. The summed E-state index contributed by atoms with van der Waals surface area (Å²) >= 11 is 0. The van der Waals surface area contributed by atoms with E-state index >= 15 is 0 Å². The third-order valence-electron chi connectivity index (χ3n) is 6.39. The number of carbonyl (C=O) groups is 2. The number of benzene rings is 1. The summed E-state index contributed by atoms with van der Waals surface area (Å²) in [6.45, 7) is 5.18. The molecule has 0 radical (unpaired) electrons. The zero-order chi connectivity index (χ0) is 23.1. The minimum atomic E-state index is -3.53. The summed E-state index contributed by atoms with van der Waals surface area (Å²) in [4.78, 5) is 25.1. The molecular formula is C23H35N3O5S. The molecule has 178 valence electrons. The molecular weight excluding hydrogens is 430 g/mol. The zero-order valence-corrected chi connectivity index (χ0v) is 19.7. The van der Waals surface area contributed by atoms with Crippen LogP contribution in [0.5, 0.6) is 0 Å². The fourth-order valence-electron chi connectivity index (χ4n) is 4.23. The van der Waals surface area contributed by atoms with Crippen molar-refractivity contribution in [2.75, 3.05) is 19.7 Å². The van der Waals surface area contributed by atoms with Crippen molar-refractivity contribution < 1.29 is 22.7 Å². The Morgan fingerprint density at radius 1 is 1.06 bits per heavy atom. The minimum absolute atomic E-state index is 0.0700. The molecule has 8 nitrogen and oxygen atoms in total. The molecule has 2 amide bonds. The molecule has 1 saturated heterocycles. The quantitative estimate of drug-likeness (QED) is 0.515. The van der Waals surface area contributed by atoms with E-state index in [1.807, 2.05) is 6.92 Å². The second-order valence-electron chi connectivity index (χ2n) is 8.99. The maximum atomic E-state index is 12.6. The first-order valence-corrected chi connectivity index (χ1v) is 13.0. The molecule has 2 aliphatic rings. The first-order chi connectivity index (χ1) is 15.2. The number of amides is 2. The summed E-state index contributed by atoms with van der Waals surface area (Å²) in [6.07, 6.45) is 4.96. The molecule has 1 aliphatic carbocycles. The van der Waals surface area contributed by atoms with Crippen LogP contribution < -0.4 is 15.4 Å². The third-order valence-corrected chi connectivity index (χ3v) is 7.83.